The van der Waals surface area contributed by atoms with Gasteiger partial charge in [-0.3, -0.25) is 4.79 Å². The number of nitrogens with zero attached hydrogens (tertiary/aromatic N) is 3. The Labute approximate surface area is 149 Å². The average Bonchev–Trinajstić information content (AvgIpc) is 3.18. The quantitative estimate of drug-likeness (QED) is 0.903. The van der Waals surface area contributed by atoms with Crippen molar-refractivity contribution < 1.29 is 4.79 Å². The van der Waals surface area contributed by atoms with Crippen LogP contribution in [0.3, 0.4) is 0 Å². The number of rotatable bonds is 5. The molecule has 1 amide bonds. The number of carbonyl (C=O) groups excluding carboxylic acids is 1. The molecule has 2 atom stereocenters. The Bertz CT molecular complexity index is 658. The highest BCUT2D eigenvalue weighted by Gasteiger charge is 2.27. The second-order valence-corrected chi connectivity index (χ2v) is 6.44. The number of benzene rings is 1. The van der Waals surface area contributed by atoms with E-state index in [1.165, 1.54) is 0 Å². The van der Waals surface area contributed by atoms with Gasteiger partial charge >= 0.3 is 0 Å². The highest BCUT2D eigenvalue weighted by molar-refractivity contribution is 5.85. The second kappa shape index (κ2) is 8.31. The van der Waals surface area contributed by atoms with E-state index in [2.05, 4.69) is 5.10 Å². The summed E-state index contributed by atoms with van der Waals surface area (Å²) < 4.78 is 1.83. The molecule has 0 aliphatic heterocycles. The SMILES string of the molecule is CN(Cc1cnn(-c2ccccc2)c1)C(=O)C[C@@H]1CCC[C@H]1N.Cl. The van der Waals surface area contributed by atoms with Crippen LogP contribution in [0.2, 0.25) is 0 Å². The van der Waals surface area contributed by atoms with Gasteiger partial charge in [0.2, 0.25) is 5.91 Å². The lowest BCUT2D eigenvalue weighted by Gasteiger charge is -2.20. The van der Waals surface area contributed by atoms with Crippen LogP contribution in [-0.4, -0.2) is 33.7 Å². The topological polar surface area (TPSA) is 64.2 Å². The zero-order chi connectivity index (χ0) is 16.2. The number of carbonyl (C=O) groups is 1. The van der Waals surface area contributed by atoms with Crippen molar-refractivity contribution in [2.45, 2.75) is 38.3 Å². The monoisotopic (exact) mass is 348 g/mol. The third-order valence-electron chi connectivity index (χ3n) is 4.66. The van der Waals surface area contributed by atoms with Crippen molar-refractivity contribution >= 4 is 18.3 Å². The molecule has 0 spiro atoms. The highest BCUT2D eigenvalue weighted by Crippen LogP contribution is 2.27. The van der Waals surface area contributed by atoms with Gasteiger partial charge in [0.05, 0.1) is 11.9 Å². The average molecular weight is 349 g/mol. The van der Waals surface area contributed by atoms with E-state index < -0.39 is 0 Å². The predicted molar refractivity (Wildman–Crippen MR) is 97.2 cm³/mol. The van der Waals surface area contributed by atoms with Crippen LogP contribution in [0, 0.1) is 5.92 Å². The van der Waals surface area contributed by atoms with Crippen LogP contribution in [0.25, 0.3) is 5.69 Å². The van der Waals surface area contributed by atoms with Crippen LogP contribution in [0.5, 0.6) is 0 Å². The fourth-order valence-electron chi connectivity index (χ4n) is 3.22. The molecule has 1 heterocycles. The molecule has 6 heteroatoms. The Morgan fingerprint density at radius 1 is 1.33 bits per heavy atom. The summed E-state index contributed by atoms with van der Waals surface area (Å²) in [6.45, 7) is 0.577. The maximum Gasteiger partial charge on any atom is 0.222 e. The minimum atomic E-state index is 0. The molecule has 0 saturated heterocycles. The van der Waals surface area contributed by atoms with Crippen LogP contribution < -0.4 is 5.73 Å². The Hall–Kier alpha value is -1.85. The van der Waals surface area contributed by atoms with E-state index in [1.807, 2.05) is 54.5 Å². The van der Waals surface area contributed by atoms with Crippen LogP contribution in [-0.2, 0) is 11.3 Å². The van der Waals surface area contributed by atoms with E-state index in [1.54, 1.807) is 4.90 Å². The summed E-state index contributed by atoms with van der Waals surface area (Å²) in [5.41, 5.74) is 8.11. The van der Waals surface area contributed by atoms with Gasteiger partial charge in [-0.25, -0.2) is 4.68 Å². The van der Waals surface area contributed by atoms with E-state index in [9.17, 15) is 4.79 Å². The minimum absolute atomic E-state index is 0. The fraction of sp³-hybridized carbons (Fsp3) is 0.444. The van der Waals surface area contributed by atoms with Crippen LogP contribution in [0.4, 0.5) is 0 Å². The van der Waals surface area contributed by atoms with Gasteiger partial charge in [-0.05, 0) is 30.9 Å². The standard InChI is InChI=1S/C18H24N4O.ClH/c1-21(18(23)10-15-6-5-9-17(15)19)12-14-11-20-22(13-14)16-7-3-2-4-8-16;/h2-4,7-8,11,13,15,17H,5-6,9-10,12,19H2,1H3;1H/t15-,17+;/m0./s1. The van der Waals surface area contributed by atoms with E-state index >= 15 is 0 Å². The molecule has 5 nitrogen and oxygen atoms in total. The van der Waals surface area contributed by atoms with Crippen molar-refractivity contribution in [1.29, 1.82) is 0 Å². The molecule has 24 heavy (non-hydrogen) atoms. The zero-order valence-electron chi connectivity index (χ0n) is 14.0. The maximum atomic E-state index is 12.4. The molecule has 1 aromatic heterocycles. The molecule has 130 valence electrons. The lowest BCUT2D eigenvalue weighted by Crippen LogP contribution is -2.32. The molecule has 2 N–H and O–H groups in total. The van der Waals surface area contributed by atoms with Crippen molar-refractivity contribution in [2.24, 2.45) is 11.7 Å². The summed E-state index contributed by atoms with van der Waals surface area (Å²) in [7, 11) is 1.85. The van der Waals surface area contributed by atoms with E-state index in [4.69, 9.17) is 5.73 Å². The lowest BCUT2D eigenvalue weighted by molar-refractivity contribution is -0.131. The van der Waals surface area contributed by atoms with E-state index in [0.717, 1.165) is 30.5 Å². The number of amides is 1. The number of aromatic nitrogens is 2. The largest absolute Gasteiger partial charge is 0.341 e. The molecule has 3 rings (SSSR count). The molecule has 2 aromatic rings. The molecule has 0 radical (unpaired) electrons. The molecule has 0 unspecified atom stereocenters. The van der Waals surface area contributed by atoms with Crippen molar-refractivity contribution in [3.05, 3.63) is 48.3 Å². The van der Waals surface area contributed by atoms with Crippen molar-refractivity contribution in [2.75, 3.05) is 7.05 Å². The van der Waals surface area contributed by atoms with Gasteiger partial charge < -0.3 is 10.6 Å². The highest BCUT2D eigenvalue weighted by atomic mass is 35.5. The molecular weight excluding hydrogens is 324 g/mol. The Morgan fingerprint density at radius 3 is 2.75 bits per heavy atom. The summed E-state index contributed by atoms with van der Waals surface area (Å²) >= 11 is 0. The maximum absolute atomic E-state index is 12.4. The van der Waals surface area contributed by atoms with Crippen molar-refractivity contribution in [1.82, 2.24) is 14.7 Å². The Balaban J connectivity index is 0.00000208. The smallest absolute Gasteiger partial charge is 0.222 e. The van der Waals surface area contributed by atoms with Crippen LogP contribution >= 0.6 is 12.4 Å². The zero-order valence-corrected chi connectivity index (χ0v) is 14.8. The summed E-state index contributed by atoms with van der Waals surface area (Å²) in [6.07, 6.45) is 7.62. The fourth-order valence-corrected chi connectivity index (χ4v) is 3.22. The lowest BCUT2D eigenvalue weighted by atomic mass is 9.99. The first-order chi connectivity index (χ1) is 11.1. The molecular formula is C18H25ClN4O. The predicted octanol–water partition coefficient (Wildman–Crippen LogP) is 2.77. The number of halogens is 1. The third kappa shape index (κ3) is 4.36. The number of hydrogen-bond acceptors (Lipinski definition) is 3. The van der Waals surface area contributed by atoms with E-state index in [0.29, 0.717) is 18.9 Å². The first-order valence-electron chi connectivity index (χ1n) is 8.22. The second-order valence-electron chi connectivity index (χ2n) is 6.44. The first-order valence-corrected chi connectivity index (χ1v) is 8.22. The summed E-state index contributed by atoms with van der Waals surface area (Å²) in [5, 5.41) is 4.37. The first kappa shape index (κ1) is 18.5. The van der Waals surface area contributed by atoms with Gasteiger partial charge in [0.1, 0.15) is 0 Å². The molecule has 1 aliphatic carbocycles. The van der Waals surface area contributed by atoms with Gasteiger partial charge in [-0.15, -0.1) is 12.4 Å². The van der Waals surface area contributed by atoms with Gasteiger partial charge in [0.15, 0.2) is 0 Å². The van der Waals surface area contributed by atoms with Gasteiger partial charge in [0.25, 0.3) is 0 Å². The van der Waals surface area contributed by atoms with E-state index in [-0.39, 0.29) is 24.4 Å². The number of hydrogen-bond donors (Lipinski definition) is 1. The van der Waals surface area contributed by atoms with Gasteiger partial charge in [0, 0.05) is 37.8 Å². The van der Waals surface area contributed by atoms with Crippen LogP contribution in [0.15, 0.2) is 42.7 Å². The minimum Gasteiger partial charge on any atom is -0.341 e. The molecule has 1 saturated carbocycles. The number of para-hydroxylation sites is 1. The molecule has 1 aromatic carbocycles. The summed E-state index contributed by atoms with van der Waals surface area (Å²) in [5.74, 6) is 0.511. The summed E-state index contributed by atoms with van der Waals surface area (Å²) in [6, 6.07) is 10.1. The van der Waals surface area contributed by atoms with Gasteiger partial charge in [-0.1, -0.05) is 24.6 Å². The van der Waals surface area contributed by atoms with Crippen molar-refractivity contribution in [3.8, 4) is 5.69 Å². The molecule has 1 aliphatic rings. The Kier molecular flexibility index (Phi) is 6.40. The Morgan fingerprint density at radius 2 is 2.08 bits per heavy atom. The molecule has 1 fully saturated rings. The van der Waals surface area contributed by atoms with Gasteiger partial charge in [-0.2, -0.15) is 5.10 Å². The summed E-state index contributed by atoms with van der Waals surface area (Å²) in [4.78, 5) is 14.1. The van der Waals surface area contributed by atoms with Crippen molar-refractivity contribution in [3.63, 3.8) is 0 Å². The normalized spacial score (nSPS) is 19.8. The number of nitrogens with two attached hydrogens (primary N) is 1. The third-order valence-corrected chi connectivity index (χ3v) is 4.66. The molecule has 0 bridgehead atoms. The van der Waals surface area contributed by atoms with Crippen LogP contribution in [0.1, 0.15) is 31.2 Å².